The number of likely N-dealkylation sites (N-methyl/N-ethyl adjacent to an activating group) is 1. The van der Waals surface area contributed by atoms with Crippen LogP contribution in [0.4, 0.5) is 4.79 Å². The number of aliphatic carboxylic acids is 1. The zero-order chi connectivity index (χ0) is 24.3. The van der Waals surface area contributed by atoms with Crippen LogP contribution in [-0.2, 0) is 14.8 Å². The molecule has 1 atom stereocenters. The summed E-state index contributed by atoms with van der Waals surface area (Å²) in [6.45, 7) is 2.87. The Morgan fingerprint density at radius 2 is 1.70 bits per heavy atom. The average molecular weight is 476 g/mol. The molecule has 1 N–H and O–H groups in total. The Bertz CT molecular complexity index is 1110. The van der Waals surface area contributed by atoms with E-state index < -0.39 is 28.0 Å². The van der Waals surface area contributed by atoms with Crippen LogP contribution in [0.5, 0.6) is 5.75 Å². The minimum absolute atomic E-state index is 0.167. The summed E-state index contributed by atoms with van der Waals surface area (Å²) in [5.41, 5.74) is 1.37. The van der Waals surface area contributed by atoms with Crippen LogP contribution in [-0.4, -0.2) is 86.5 Å². The van der Waals surface area contributed by atoms with Gasteiger partial charge in [-0.3, -0.25) is 9.69 Å². The molecule has 2 aromatic carbocycles. The summed E-state index contributed by atoms with van der Waals surface area (Å²) in [4.78, 5) is 27.4. The lowest BCUT2D eigenvalue weighted by Crippen LogP contribution is -2.60. The second-order valence-electron chi connectivity index (χ2n) is 8.40. The number of carboxylic acids is 1. The number of ether oxygens (including phenoxy) is 1. The first kappa shape index (κ1) is 24.7. The monoisotopic (exact) mass is 475 g/mol. The second kappa shape index (κ2) is 9.90. The number of carboxylic acid groups (broad SMARTS) is 1. The fraction of sp³-hybridized carbons (Fsp3) is 0.391. The van der Waals surface area contributed by atoms with Gasteiger partial charge in [-0.2, -0.15) is 4.31 Å². The van der Waals surface area contributed by atoms with E-state index in [1.807, 2.05) is 11.8 Å². The molecule has 0 saturated carbocycles. The van der Waals surface area contributed by atoms with Crippen molar-refractivity contribution in [2.45, 2.75) is 23.8 Å². The third kappa shape index (κ3) is 5.52. The largest absolute Gasteiger partial charge is 0.481 e. The van der Waals surface area contributed by atoms with E-state index in [2.05, 4.69) is 0 Å². The number of aryl methyl sites for hydroxylation is 1. The number of hydrogen-bond donors (Lipinski definition) is 1. The van der Waals surface area contributed by atoms with Crippen LogP contribution >= 0.6 is 0 Å². The van der Waals surface area contributed by atoms with Crippen molar-refractivity contribution in [3.05, 3.63) is 59.7 Å². The summed E-state index contributed by atoms with van der Waals surface area (Å²) in [5, 5.41) is 9.85. The smallest absolute Gasteiger partial charge is 0.414 e. The number of carbonyl (C=O) groups excluding carboxylic acids is 1. The number of benzene rings is 2. The van der Waals surface area contributed by atoms with E-state index in [1.54, 1.807) is 69.7 Å². The van der Waals surface area contributed by atoms with E-state index in [9.17, 15) is 23.1 Å². The van der Waals surface area contributed by atoms with Gasteiger partial charge in [-0.05, 0) is 25.1 Å². The van der Waals surface area contributed by atoms with Crippen LogP contribution < -0.4 is 4.74 Å². The highest BCUT2D eigenvalue weighted by molar-refractivity contribution is 7.89. The van der Waals surface area contributed by atoms with E-state index >= 15 is 0 Å². The molecule has 10 heteroatoms. The Kier molecular flexibility index (Phi) is 7.41. The topological polar surface area (TPSA) is 107 Å². The van der Waals surface area contributed by atoms with Gasteiger partial charge in [0.25, 0.3) is 0 Å². The molecule has 0 aliphatic carbocycles. The summed E-state index contributed by atoms with van der Waals surface area (Å²) in [6.07, 6.45) is -0.599. The number of nitrogens with zero attached hydrogens (tertiary/aromatic N) is 3. The van der Waals surface area contributed by atoms with Crippen molar-refractivity contribution in [2.75, 3.05) is 40.8 Å². The van der Waals surface area contributed by atoms with Crippen molar-refractivity contribution in [1.82, 2.24) is 14.1 Å². The molecule has 1 amide bonds. The average Bonchev–Trinajstić information content (AvgIpc) is 2.73. The van der Waals surface area contributed by atoms with Crippen molar-refractivity contribution >= 4 is 22.1 Å². The minimum Gasteiger partial charge on any atom is -0.481 e. The highest BCUT2D eigenvalue weighted by atomic mass is 32.2. The molecule has 3 rings (SSSR count). The number of sulfonamides is 1. The van der Waals surface area contributed by atoms with Crippen molar-refractivity contribution in [3.63, 3.8) is 0 Å². The fourth-order valence-electron chi connectivity index (χ4n) is 3.61. The van der Waals surface area contributed by atoms with Gasteiger partial charge in [-0.1, -0.05) is 35.9 Å². The predicted octanol–water partition coefficient (Wildman–Crippen LogP) is 2.23. The van der Waals surface area contributed by atoms with Crippen LogP contribution in [0.3, 0.4) is 0 Å². The standard InChI is InChI=1S/C23H29N3O6S/c1-16-9-11-18(12-10-16)33(30,31)25(4)17-13-26(14-17)15-20(22(27)28)19-7-5-6-8-21(19)32-23(29)24(2)3/h5-12,17,20H,13-15H2,1-4H3,(H,27,28). The summed E-state index contributed by atoms with van der Waals surface area (Å²) < 4.78 is 32.5. The van der Waals surface area contributed by atoms with Crippen LogP contribution in [0.2, 0.25) is 0 Å². The summed E-state index contributed by atoms with van der Waals surface area (Å²) in [7, 11) is 0.992. The van der Waals surface area contributed by atoms with Crippen molar-refractivity contribution in [3.8, 4) is 5.75 Å². The molecule has 33 heavy (non-hydrogen) atoms. The summed E-state index contributed by atoms with van der Waals surface area (Å²) >= 11 is 0. The lowest BCUT2D eigenvalue weighted by atomic mass is 9.95. The van der Waals surface area contributed by atoms with E-state index in [1.165, 1.54) is 9.21 Å². The molecule has 9 nitrogen and oxygen atoms in total. The maximum Gasteiger partial charge on any atom is 0.414 e. The Hall–Kier alpha value is -2.95. The minimum atomic E-state index is -3.64. The number of rotatable bonds is 8. The van der Waals surface area contributed by atoms with Gasteiger partial charge in [-0.15, -0.1) is 0 Å². The van der Waals surface area contributed by atoms with Gasteiger partial charge in [0.2, 0.25) is 10.0 Å². The molecule has 1 fully saturated rings. The van der Waals surface area contributed by atoms with Gasteiger partial charge >= 0.3 is 12.1 Å². The highest BCUT2D eigenvalue weighted by Crippen LogP contribution is 2.30. The molecular weight excluding hydrogens is 446 g/mol. The molecule has 1 aliphatic rings. The molecule has 1 unspecified atom stereocenters. The van der Waals surface area contributed by atoms with Crippen LogP contribution in [0.15, 0.2) is 53.4 Å². The molecule has 1 aliphatic heterocycles. The SMILES string of the molecule is Cc1ccc(S(=O)(=O)N(C)C2CN(CC(C(=O)O)c3ccccc3OC(=O)N(C)C)C2)cc1. The number of carbonyl (C=O) groups is 2. The lowest BCUT2D eigenvalue weighted by Gasteiger charge is -2.44. The lowest BCUT2D eigenvalue weighted by molar-refractivity contribution is -0.139. The molecule has 0 aromatic heterocycles. The quantitative estimate of drug-likeness (QED) is 0.624. The first-order valence-electron chi connectivity index (χ1n) is 10.5. The number of para-hydroxylation sites is 1. The van der Waals surface area contributed by atoms with Crippen LogP contribution in [0.25, 0.3) is 0 Å². The Labute approximate surface area is 194 Å². The molecule has 1 saturated heterocycles. The molecule has 2 aromatic rings. The molecular formula is C23H29N3O6S. The van der Waals surface area contributed by atoms with Crippen LogP contribution in [0.1, 0.15) is 17.0 Å². The second-order valence-corrected chi connectivity index (χ2v) is 10.4. The van der Waals surface area contributed by atoms with Crippen LogP contribution in [0, 0.1) is 6.92 Å². The van der Waals surface area contributed by atoms with Crippen molar-refractivity contribution < 1.29 is 27.9 Å². The summed E-state index contributed by atoms with van der Waals surface area (Å²) in [5.74, 6) is -1.79. The maximum absolute atomic E-state index is 12.9. The first-order chi connectivity index (χ1) is 15.5. The van der Waals surface area contributed by atoms with E-state index in [0.717, 1.165) is 5.56 Å². The van der Waals surface area contributed by atoms with Crippen molar-refractivity contribution in [2.24, 2.45) is 0 Å². The predicted molar refractivity (Wildman–Crippen MR) is 123 cm³/mol. The molecule has 0 radical (unpaired) electrons. The fourth-order valence-corrected chi connectivity index (χ4v) is 4.95. The Balaban J connectivity index is 1.69. The highest BCUT2D eigenvalue weighted by Gasteiger charge is 2.39. The number of hydrogen-bond acceptors (Lipinski definition) is 6. The van der Waals surface area contributed by atoms with E-state index in [0.29, 0.717) is 18.7 Å². The third-order valence-corrected chi connectivity index (χ3v) is 7.67. The van der Waals surface area contributed by atoms with Gasteiger partial charge in [0.15, 0.2) is 0 Å². The van der Waals surface area contributed by atoms with Gasteiger partial charge in [0.1, 0.15) is 5.75 Å². The first-order valence-corrected chi connectivity index (χ1v) is 11.9. The zero-order valence-electron chi connectivity index (χ0n) is 19.1. The van der Waals surface area contributed by atoms with Gasteiger partial charge in [0, 0.05) is 46.3 Å². The van der Waals surface area contributed by atoms with Gasteiger partial charge < -0.3 is 14.7 Å². The van der Waals surface area contributed by atoms with Gasteiger partial charge in [0.05, 0.1) is 16.9 Å². The zero-order valence-corrected chi connectivity index (χ0v) is 19.9. The van der Waals surface area contributed by atoms with Crippen molar-refractivity contribution in [1.29, 1.82) is 0 Å². The third-order valence-electron chi connectivity index (χ3n) is 5.75. The molecule has 1 heterocycles. The van der Waals surface area contributed by atoms with E-state index in [4.69, 9.17) is 4.74 Å². The number of likely N-dealkylation sites (tertiary alicyclic amines) is 1. The molecule has 178 valence electrons. The normalized spacial score (nSPS) is 15.7. The maximum atomic E-state index is 12.9. The Morgan fingerprint density at radius 3 is 2.27 bits per heavy atom. The van der Waals surface area contributed by atoms with E-state index in [-0.39, 0.29) is 23.2 Å². The Morgan fingerprint density at radius 1 is 1.09 bits per heavy atom. The van der Waals surface area contributed by atoms with Gasteiger partial charge in [-0.25, -0.2) is 13.2 Å². The number of amides is 1. The molecule has 0 spiro atoms. The molecule has 0 bridgehead atoms. The summed E-state index contributed by atoms with van der Waals surface area (Å²) in [6, 6.07) is 13.0.